The molecular formula is C101H176N2O7. The van der Waals surface area contributed by atoms with Gasteiger partial charge in [-0.25, -0.2) is 4.79 Å². The number of carbonyl (C=O) groups excluding carboxylic acids is 1. The van der Waals surface area contributed by atoms with Crippen LogP contribution in [0.1, 0.15) is 389 Å². The summed E-state index contributed by atoms with van der Waals surface area (Å²) < 4.78 is 40.4. The van der Waals surface area contributed by atoms with Crippen LogP contribution in [0.5, 0.6) is 0 Å². The summed E-state index contributed by atoms with van der Waals surface area (Å²) in [7, 11) is 8.78. The molecule has 0 radical (unpaired) electrons. The van der Waals surface area contributed by atoms with Gasteiger partial charge < -0.3 is 38.2 Å². The van der Waals surface area contributed by atoms with Gasteiger partial charge in [-0.3, -0.25) is 0 Å². The Morgan fingerprint density at radius 2 is 0.545 bits per heavy atom. The molecule has 632 valence electrons. The number of hydrogen-bond acceptors (Lipinski definition) is 9. The molecule has 9 nitrogen and oxygen atoms in total. The van der Waals surface area contributed by atoms with Gasteiger partial charge in [-0.15, -0.1) is 0 Å². The molecule has 2 aliphatic rings. The second kappa shape index (κ2) is 72.0. The van der Waals surface area contributed by atoms with E-state index < -0.39 is 17.0 Å². The molecule has 0 spiro atoms. The third-order valence-corrected chi connectivity index (χ3v) is 22.3. The molecule has 0 N–H and O–H groups in total. The Labute approximate surface area is 681 Å². The lowest BCUT2D eigenvalue weighted by Gasteiger charge is -2.44. The predicted molar refractivity (Wildman–Crippen MR) is 479 cm³/mol. The minimum absolute atomic E-state index is 0.0814. The molecule has 2 aliphatic carbocycles. The van der Waals surface area contributed by atoms with Gasteiger partial charge in [0.2, 0.25) is 0 Å². The molecule has 9 heteroatoms. The number of hydrogen-bond donors (Lipinski definition) is 0. The molecule has 6 atom stereocenters. The first-order chi connectivity index (χ1) is 53.9. The molecule has 110 heavy (non-hydrogen) atoms. The zero-order valence-electron chi connectivity index (χ0n) is 74.1. The topological polar surface area (TPSA) is 78.9 Å². The van der Waals surface area contributed by atoms with Gasteiger partial charge in [-0.2, -0.15) is 0 Å². The van der Waals surface area contributed by atoms with E-state index in [-0.39, 0.29) is 37.1 Å². The molecule has 0 aromatic rings. The van der Waals surface area contributed by atoms with Gasteiger partial charge in [0, 0.05) is 12.1 Å². The zero-order chi connectivity index (χ0) is 79.7. The molecule has 2 rings (SSSR count). The zero-order valence-corrected chi connectivity index (χ0v) is 74.1. The molecule has 0 fully saturated rings. The maximum absolute atomic E-state index is 14.4. The highest BCUT2D eigenvalue weighted by Gasteiger charge is 2.45. The molecule has 0 saturated heterocycles. The van der Waals surface area contributed by atoms with Gasteiger partial charge in [-0.1, -0.05) is 306 Å². The Morgan fingerprint density at radius 1 is 0.318 bits per heavy atom. The number of allylic oxidation sites excluding steroid dienone is 16. The van der Waals surface area contributed by atoms with Crippen molar-refractivity contribution in [3.05, 3.63) is 145 Å². The molecule has 0 aromatic heterocycles. The Hall–Kier alpha value is -4.73. The van der Waals surface area contributed by atoms with E-state index in [9.17, 15) is 4.79 Å². The number of carbonyl (C=O) groups is 1. The van der Waals surface area contributed by atoms with Gasteiger partial charge in [-0.05, 0) is 233 Å². The Morgan fingerprint density at radius 3 is 0.782 bits per heavy atom. The van der Waals surface area contributed by atoms with Crippen molar-refractivity contribution < 1.29 is 33.2 Å². The highest BCUT2D eigenvalue weighted by Crippen LogP contribution is 2.46. The van der Waals surface area contributed by atoms with Crippen LogP contribution in [-0.4, -0.2) is 95.9 Å². The van der Waals surface area contributed by atoms with E-state index in [1.54, 1.807) is 0 Å². The fraction of sp³-hybridized carbons (Fsp3) is 0.752. The average Bonchev–Trinajstić information content (AvgIpc) is 0.773. The van der Waals surface area contributed by atoms with Crippen LogP contribution >= 0.6 is 0 Å². The van der Waals surface area contributed by atoms with Crippen molar-refractivity contribution in [3.63, 3.8) is 0 Å². The highest BCUT2D eigenvalue weighted by molar-refractivity contribution is 5.60. The summed E-state index contributed by atoms with van der Waals surface area (Å²) in [6.45, 7) is 21.0. The summed E-state index contributed by atoms with van der Waals surface area (Å²) >= 11 is 0. The molecule has 0 aromatic carbocycles. The van der Waals surface area contributed by atoms with E-state index >= 15 is 0 Å². The maximum atomic E-state index is 14.4. The van der Waals surface area contributed by atoms with Crippen molar-refractivity contribution in [2.45, 2.75) is 401 Å². The lowest BCUT2D eigenvalue weighted by atomic mass is 9.72. The van der Waals surface area contributed by atoms with Crippen LogP contribution in [0.3, 0.4) is 0 Å². The molecule has 0 bridgehead atoms. The molecule has 0 aliphatic heterocycles. The van der Waals surface area contributed by atoms with Gasteiger partial charge in [0.25, 0.3) is 0 Å². The van der Waals surface area contributed by atoms with Gasteiger partial charge in [0.1, 0.15) is 36.3 Å². The maximum Gasteiger partial charge on any atom is 0.508 e. The Kier molecular flexibility index (Phi) is 66.3. The molecule has 0 heterocycles. The van der Waals surface area contributed by atoms with Crippen molar-refractivity contribution in [2.75, 3.05) is 67.8 Å². The fourth-order valence-corrected chi connectivity index (χ4v) is 15.5. The van der Waals surface area contributed by atoms with Gasteiger partial charge in [0.15, 0.2) is 0 Å². The Bertz CT molecular complexity index is 2370. The molecule has 0 amide bonds. The van der Waals surface area contributed by atoms with Crippen molar-refractivity contribution in [3.8, 4) is 0 Å². The van der Waals surface area contributed by atoms with Crippen molar-refractivity contribution in [2.24, 2.45) is 22.7 Å². The van der Waals surface area contributed by atoms with Gasteiger partial charge in [0.05, 0.1) is 49.1 Å². The first-order valence-electron chi connectivity index (χ1n) is 46.6. The van der Waals surface area contributed by atoms with Crippen LogP contribution in [-0.2, 0) is 28.4 Å². The van der Waals surface area contributed by atoms with E-state index in [4.69, 9.17) is 28.4 Å². The first kappa shape index (κ1) is 101. The highest BCUT2D eigenvalue weighted by atomic mass is 16.7. The number of unbranched alkanes of at least 4 members (excludes halogenated alkanes) is 36. The molecular weight excluding hydrogens is 1350 g/mol. The lowest BCUT2D eigenvalue weighted by Crippen LogP contribution is -2.45. The third-order valence-electron chi connectivity index (χ3n) is 22.3. The second-order valence-corrected chi connectivity index (χ2v) is 33.1. The fourth-order valence-electron chi connectivity index (χ4n) is 15.5. The van der Waals surface area contributed by atoms with Crippen LogP contribution in [0.4, 0.5) is 4.79 Å². The van der Waals surface area contributed by atoms with E-state index in [2.05, 4.69) is 215 Å². The third kappa shape index (κ3) is 51.2. The summed E-state index contributed by atoms with van der Waals surface area (Å²) in [5, 5.41) is 0. The van der Waals surface area contributed by atoms with Crippen LogP contribution in [0, 0.1) is 22.7 Å². The summed E-state index contributed by atoms with van der Waals surface area (Å²) in [4.78, 5) is 19.1. The number of rotatable bonds is 76. The number of ether oxygens (including phenoxy) is 6. The van der Waals surface area contributed by atoms with Crippen molar-refractivity contribution in [1.82, 2.24) is 9.80 Å². The average molecular weight is 1530 g/mol. The van der Waals surface area contributed by atoms with Gasteiger partial charge >= 0.3 is 6.16 Å². The Balaban J connectivity index is 2.36. The normalized spacial score (nSPS) is 18.4. The van der Waals surface area contributed by atoms with Crippen LogP contribution in [0.25, 0.3) is 0 Å². The van der Waals surface area contributed by atoms with E-state index in [1.807, 2.05) is 0 Å². The van der Waals surface area contributed by atoms with Crippen molar-refractivity contribution >= 4 is 6.16 Å². The van der Waals surface area contributed by atoms with Crippen LogP contribution in [0.2, 0.25) is 0 Å². The SMILES string of the molecule is CCCCC/C=C\C/C=C\CCCCCCCCOC1=CC(C)(C(CCC)N(C)C)C(OCCCCCCCC/C=C\C/C=C\CCCCC)=CC1COC(=O)OCC1C=C(OCCCCCCCC/C=C\C/C=C\CCCCC)C(C)(C(CCC)N(C)C)C=C1OCCCCCCCC/C=C\C/C=C\CCCCC. The summed E-state index contributed by atoms with van der Waals surface area (Å²) in [5.41, 5.74) is -0.914. The standard InChI is InChI=1S/C101H176N2O7/c1-13-19-23-27-31-35-39-43-47-51-55-59-63-67-71-75-81-105-93-87-100(7,95(79-17-5)102(9)10)97(107-83-77-73-69-65-61-57-53-49-45-41-37-33-29-25-21-15-3)85-91(93)89-109-99(104)110-90-92-86-98(108-84-78-74-70-66-62-58-54-50-46-42-38-34-30-26-22-16-4)101(8,96(80-18-6)103(11)12)88-94(92)106-82-76-72-68-64-60-56-52-48-44-40-36-32-28-24-20-14-2/h31-38,43-50,85-88,91-92,95-96H,13-30,39-42,51-84,89-90H2,1-12H3/b35-31-,36-32-,37-33-,38-34-,47-43-,48-44-,49-45-,50-46-. The minimum Gasteiger partial charge on any atom is -0.497 e. The predicted octanol–water partition coefficient (Wildman–Crippen LogP) is 30.7. The van der Waals surface area contributed by atoms with E-state index in [1.165, 1.54) is 205 Å². The summed E-state index contributed by atoms with van der Waals surface area (Å²) in [6.07, 6.45) is 108. The van der Waals surface area contributed by atoms with E-state index in [0.717, 1.165) is 151 Å². The lowest BCUT2D eigenvalue weighted by molar-refractivity contribution is 0.0267. The van der Waals surface area contributed by atoms with Crippen LogP contribution in [0.15, 0.2) is 145 Å². The number of nitrogens with zero attached hydrogens (tertiary/aromatic N) is 2. The summed E-state index contributed by atoms with van der Waals surface area (Å²) in [5.74, 6) is 2.93. The van der Waals surface area contributed by atoms with E-state index in [0.29, 0.717) is 26.4 Å². The smallest absolute Gasteiger partial charge is 0.497 e. The minimum atomic E-state index is -0.690. The van der Waals surface area contributed by atoms with Crippen LogP contribution < -0.4 is 0 Å². The monoisotopic (exact) mass is 1530 g/mol. The largest absolute Gasteiger partial charge is 0.508 e. The first-order valence-corrected chi connectivity index (χ1v) is 46.6. The quantitative estimate of drug-likeness (QED) is 0.0336. The molecule has 0 saturated carbocycles. The summed E-state index contributed by atoms with van der Waals surface area (Å²) in [6, 6.07) is 0.345. The molecule has 6 unspecified atom stereocenters. The second-order valence-electron chi connectivity index (χ2n) is 33.1. The van der Waals surface area contributed by atoms with Crippen molar-refractivity contribution in [1.29, 1.82) is 0 Å².